The van der Waals surface area contributed by atoms with Gasteiger partial charge in [0, 0.05) is 42.3 Å². The number of rotatable bonds is 6. The van der Waals surface area contributed by atoms with E-state index >= 15 is 0 Å². The summed E-state index contributed by atoms with van der Waals surface area (Å²) in [5.74, 6) is -2.54. The van der Waals surface area contributed by atoms with Crippen molar-refractivity contribution < 1.29 is 32.7 Å². The molecule has 3 N–H and O–H groups in total. The van der Waals surface area contributed by atoms with Crippen LogP contribution in [0.15, 0.2) is 79.4 Å². The van der Waals surface area contributed by atoms with Crippen LogP contribution in [-0.2, 0) is 11.2 Å². The largest absolute Gasteiger partial charge is 0.490 e. The second-order valence-corrected chi connectivity index (χ2v) is 8.65. The van der Waals surface area contributed by atoms with E-state index in [2.05, 4.69) is 25.5 Å². The summed E-state index contributed by atoms with van der Waals surface area (Å²) in [5, 5.41) is 17.0. The Labute approximate surface area is 225 Å². The first kappa shape index (κ1) is 28.0. The predicted octanol–water partition coefficient (Wildman–Crippen LogP) is 3.60. The molecule has 206 valence electrons. The summed E-state index contributed by atoms with van der Waals surface area (Å²) in [7, 11) is 0. The lowest BCUT2D eigenvalue weighted by Crippen LogP contribution is -2.30. The van der Waals surface area contributed by atoms with Gasteiger partial charge in [-0.1, -0.05) is 24.3 Å². The van der Waals surface area contributed by atoms with Crippen LogP contribution in [0.3, 0.4) is 0 Å². The minimum absolute atomic E-state index is 0.0902. The number of halogens is 3. The first-order valence-electron chi connectivity index (χ1n) is 12.0. The molecule has 3 heterocycles. The maximum atomic E-state index is 13.2. The highest BCUT2D eigenvalue weighted by Gasteiger charge is 2.38. The quantitative estimate of drug-likeness (QED) is 0.332. The monoisotopic (exact) mass is 552 g/mol. The van der Waals surface area contributed by atoms with Crippen LogP contribution in [0.1, 0.15) is 43.6 Å². The molecule has 13 heteroatoms. The molecule has 1 aliphatic heterocycles. The highest BCUT2D eigenvalue weighted by Crippen LogP contribution is 2.40. The lowest BCUT2D eigenvalue weighted by atomic mass is 9.98. The number of carboxylic acid groups (broad SMARTS) is 1. The number of carboxylic acids is 1. The first-order valence-corrected chi connectivity index (χ1v) is 12.0. The Morgan fingerprint density at radius 1 is 1.05 bits per heavy atom. The van der Waals surface area contributed by atoms with Crippen LogP contribution in [-0.4, -0.2) is 62.3 Å². The number of anilines is 1. The third-order valence-corrected chi connectivity index (χ3v) is 6.02. The zero-order chi connectivity index (χ0) is 28.7. The summed E-state index contributed by atoms with van der Waals surface area (Å²) in [6.07, 6.45) is 0.585. The lowest BCUT2D eigenvalue weighted by molar-refractivity contribution is -0.192. The van der Waals surface area contributed by atoms with E-state index in [4.69, 9.17) is 9.90 Å². The smallest absolute Gasteiger partial charge is 0.475 e. The number of aromatic nitrogens is 4. The Morgan fingerprint density at radius 3 is 2.42 bits per heavy atom. The fourth-order valence-corrected chi connectivity index (χ4v) is 4.11. The Morgan fingerprint density at radius 2 is 1.80 bits per heavy atom. The summed E-state index contributed by atoms with van der Waals surface area (Å²) < 4.78 is 31.7. The Balaban J connectivity index is 0.000000470. The lowest BCUT2D eigenvalue weighted by Gasteiger charge is -2.18. The van der Waals surface area contributed by atoms with Crippen LogP contribution in [0, 0.1) is 0 Å². The molecule has 2 aromatic carbocycles. The van der Waals surface area contributed by atoms with Crippen molar-refractivity contribution in [1.82, 2.24) is 25.5 Å². The van der Waals surface area contributed by atoms with Crippen molar-refractivity contribution >= 4 is 23.5 Å². The average molecular weight is 553 g/mol. The van der Waals surface area contributed by atoms with Gasteiger partial charge in [-0.15, -0.1) is 0 Å². The Kier molecular flexibility index (Phi) is 8.52. The van der Waals surface area contributed by atoms with Crippen molar-refractivity contribution in [3.63, 3.8) is 0 Å². The summed E-state index contributed by atoms with van der Waals surface area (Å²) in [6, 6.07) is 18.5. The number of aromatic amines is 1. The Hall–Kier alpha value is -5.07. The van der Waals surface area contributed by atoms with Crippen LogP contribution in [0.4, 0.5) is 18.9 Å². The van der Waals surface area contributed by atoms with Crippen LogP contribution in [0.25, 0.3) is 0 Å². The third-order valence-electron chi connectivity index (χ3n) is 6.02. The van der Waals surface area contributed by atoms with Crippen molar-refractivity contribution in [2.24, 2.45) is 0 Å². The number of hydrogen-bond acceptors (Lipinski definition) is 6. The number of benzene rings is 2. The molecule has 0 bridgehead atoms. The number of fused-ring (bicyclic) bond motifs is 1. The highest BCUT2D eigenvalue weighted by molar-refractivity contribution is 6.08. The van der Waals surface area contributed by atoms with E-state index in [1.165, 1.54) is 6.33 Å². The van der Waals surface area contributed by atoms with Gasteiger partial charge in [-0.2, -0.15) is 18.3 Å². The number of nitrogens with one attached hydrogen (secondary N) is 2. The number of carbonyl (C=O) groups excluding carboxylic acids is 2. The van der Waals surface area contributed by atoms with Crippen molar-refractivity contribution in [3.8, 4) is 0 Å². The SMILES string of the molecule is O=C(NCCc1cccnc1)c1ccc2c(c1)C(c1ncn[nH]1)CN2C(=O)c1ccccc1.O=C(O)C(F)(F)F. The molecular formula is C27H23F3N6O4. The fraction of sp³-hybridized carbons (Fsp3) is 0.185. The van der Waals surface area contributed by atoms with Gasteiger partial charge < -0.3 is 15.3 Å². The molecule has 0 fully saturated rings. The number of alkyl halides is 3. The van der Waals surface area contributed by atoms with E-state index in [9.17, 15) is 22.8 Å². The summed E-state index contributed by atoms with van der Waals surface area (Å²) in [5.41, 5.74) is 3.86. The number of hydrogen-bond donors (Lipinski definition) is 3. The highest BCUT2D eigenvalue weighted by atomic mass is 19.4. The van der Waals surface area contributed by atoms with Crippen LogP contribution >= 0.6 is 0 Å². The van der Waals surface area contributed by atoms with Crippen molar-refractivity contribution in [2.45, 2.75) is 18.5 Å². The van der Waals surface area contributed by atoms with Gasteiger partial charge in [-0.25, -0.2) is 9.78 Å². The molecule has 0 aliphatic carbocycles. The van der Waals surface area contributed by atoms with Gasteiger partial charge in [0.1, 0.15) is 12.2 Å². The molecule has 1 unspecified atom stereocenters. The van der Waals surface area contributed by atoms with E-state index in [1.54, 1.807) is 35.5 Å². The molecule has 1 atom stereocenters. The summed E-state index contributed by atoms with van der Waals surface area (Å²) >= 11 is 0. The molecule has 0 spiro atoms. The van der Waals surface area contributed by atoms with Crippen molar-refractivity contribution in [3.05, 3.63) is 107 Å². The van der Waals surface area contributed by atoms with Gasteiger partial charge in [0.25, 0.3) is 11.8 Å². The standard InChI is InChI=1S/C25H22N6O2.C2HF3O2/c32-24(27-12-10-17-5-4-11-26-14-17)19-8-9-22-20(13-19)21(23-28-16-29-30-23)15-31(22)25(33)18-6-2-1-3-7-18;3-2(4,5)1(6)7/h1-9,11,13-14,16,21H,10,12,15H2,(H,27,32)(H,28,29,30);(H,6,7). The van der Waals surface area contributed by atoms with Gasteiger partial charge >= 0.3 is 12.1 Å². The molecule has 2 amide bonds. The molecule has 0 saturated heterocycles. The minimum Gasteiger partial charge on any atom is -0.475 e. The number of carbonyl (C=O) groups is 3. The molecule has 0 saturated carbocycles. The molecule has 4 aromatic rings. The number of aliphatic carboxylic acids is 1. The van der Waals surface area contributed by atoms with E-state index in [1.807, 2.05) is 42.5 Å². The van der Waals surface area contributed by atoms with Crippen LogP contribution in [0.5, 0.6) is 0 Å². The summed E-state index contributed by atoms with van der Waals surface area (Å²) in [4.78, 5) is 45.1. The second-order valence-electron chi connectivity index (χ2n) is 8.65. The van der Waals surface area contributed by atoms with Gasteiger partial charge in [-0.05, 0) is 53.9 Å². The van der Waals surface area contributed by atoms with E-state index in [0.29, 0.717) is 36.5 Å². The van der Waals surface area contributed by atoms with Gasteiger partial charge in [0.2, 0.25) is 0 Å². The maximum absolute atomic E-state index is 13.2. The van der Waals surface area contributed by atoms with Crippen LogP contribution < -0.4 is 10.2 Å². The summed E-state index contributed by atoms with van der Waals surface area (Å²) in [6.45, 7) is 0.927. The molecular weight excluding hydrogens is 529 g/mol. The van der Waals surface area contributed by atoms with Gasteiger partial charge in [0.05, 0.1) is 5.92 Å². The minimum atomic E-state index is -5.08. The third kappa shape index (κ3) is 6.67. The van der Waals surface area contributed by atoms with Gasteiger partial charge in [-0.3, -0.25) is 19.7 Å². The van der Waals surface area contributed by atoms with E-state index in [0.717, 1.165) is 16.8 Å². The second kappa shape index (κ2) is 12.2. The fourth-order valence-electron chi connectivity index (χ4n) is 4.11. The Bertz CT molecular complexity index is 1460. The molecule has 5 rings (SSSR count). The maximum Gasteiger partial charge on any atom is 0.490 e. The van der Waals surface area contributed by atoms with Crippen LogP contribution in [0.2, 0.25) is 0 Å². The van der Waals surface area contributed by atoms with Crippen molar-refractivity contribution in [2.75, 3.05) is 18.0 Å². The van der Waals surface area contributed by atoms with Gasteiger partial charge in [0.15, 0.2) is 0 Å². The zero-order valence-corrected chi connectivity index (χ0v) is 20.8. The molecule has 1 aliphatic rings. The van der Waals surface area contributed by atoms with E-state index in [-0.39, 0.29) is 17.7 Å². The number of nitrogens with zero attached hydrogens (tertiary/aromatic N) is 4. The molecule has 2 aromatic heterocycles. The average Bonchev–Trinajstić information content (AvgIpc) is 3.61. The molecule has 0 radical (unpaired) electrons. The zero-order valence-electron chi connectivity index (χ0n) is 20.8. The topological polar surface area (TPSA) is 141 Å². The number of amides is 2. The first-order chi connectivity index (χ1) is 19.1. The normalized spacial score (nSPS) is 14.1. The van der Waals surface area contributed by atoms with E-state index < -0.39 is 12.1 Å². The van der Waals surface area contributed by atoms with Crippen molar-refractivity contribution in [1.29, 1.82) is 0 Å². The number of H-pyrrole nitrogens is 1. The predicted molar refractivity (Wildman–Crippen MR) is 137 cm³/mol. The number of pyridine rings is 1. The molecule has 10 nitrogen and oxygen atoms in total. The molecule has 40 heavy (non-hydrogen) atoms.